The molecule has 0 fully saturated rings. The second-order valence-electron chi connectivity index (χ2n) is 5.72. The van der Waals surface area contributed by atoms with Gasteiger partial charge < -0.3 is 10.6 Å². The number of fused-ring (bicyclic) bond motifs is 3. The first-order chi connectivity index (χ1) is 10.7. The summed E-state index contributed by atoms with van der Waals surface area (Å²) in [6, 6.07) is 16.6. The average molecular weight is 287 g/mol. The van der Waals surface area contributed by atoms with E-state index in [4.69, 9.17) is 17.6 Å². The van der Waals surface area contributed by atoms with Gasteiger partial charge in [0.2, 0.25) is 6.54 Å². The van der Waals surface area contributed by atoms with E-state index in [-0.39, 0.29) is 5.41 Å². The Bertz CT molecular complexity index is 775. The lowest BCUT2D eigenvalue weighted by Crippen LogP contribution is -2.26. The molecule has 2 aromatic rings. The first-order valence-corrected chi connectivity index (χ1v) is 7.43. The molecule has 0 saturated heterocycles. The van der Waals surface area contributed by atoms with Crippen molar-refractivity contribution < 1.29 is 0 Å². The topological polar surface area (TPSA) is 54.2 Å². The zero-order valence-electron chi connectivity index (χ0n) is 12.3. The number of nitrogens with zero attached hydrogens (tertiary/aromatic N) is 2. The number of benzene rings is 2. The van der Waals surface area contributed by atoms with Gasteiger partial charge in [0.05, 0.1) is 6.07 Å². The summed E-state index contributed by atoms with van der Waals surface area (Å²) >= 11 is 0. The van der Waals surface area contributed by atoms with Gasteiger partial charge in [-0.3, -0.25) is 0 Å². The molecule has 22 heavy (non-hydrogen) atoms. The molecule has 3 nitrogen and oxygen atoms in total. The maximum atomic E-state index is 9.08. The fraction of sp³-hybridized carbons (Fsp3) is 0.263. The molecule has 0 saturated carbocycles. The van der Waals surface area contributed by atoms with Gasteiger partial charge in [0.15, 0.2) is 0 Å². The van der Waals surface area contributed by atoms with E-state index in [1.165, 1.54) is 22.3 Å². The van der Waals surface area contributed by atoms with Gasteiger partial charge in [-0.25, -0.2) is 6.57 Å². The Labute approximate surface area is 130 Å². The average Bonchev–Trinajstić information content (AvgIpc) is 2.81. The molecule has 1 aliphatic carbocycles. The summed E-state index contributed by atoms with van der Waals surface area (Å²) in [5.41, 5.74) is 11.3. The first kappa shape index (κ1) is 14.2. The fourth-order valence-corrected chi connectivity index (χ4v) is 3.65. The molecule has 0 aromatic heterocycles. The molecule has 3 heteroatoms. The molecule has 0 bridgehead atoms. The van der Waals surface area contributed by atoms with E-state index < -0.39 is 0 Å². The maximum absolute atomic E-state index is 9.08. The molecule has 1 aliphatic rings. The Morgan fingerprint density at radius 2 is 1.86 bits per heavy atom. The van der Waals surface area contributed by atoms with Crippen LogP contribution in [-0.4, -0.2) is 6.54 Å². The number of hydrogen-bond donors (Lipinski definition) is 1. The number of nitriles is 1. The van der Waals surface area contributed by atoms with Crippen LogP contribution in [0.2, 0.25) is 0 Å². The molecule has 0 heterocycles. The molecular formula is C19H17N3. The molecular weight excluding hydrogens is 270 g/mol. The smallest absolute Gasteiger partial charge is 0.215 e. The van der Waals surface area contributed by atoms with Crippen LogP contribution in [0.5, 0.6) is 0 Å². The van der Waals surface area contributed by atoms with Gasteiger partial charge in [-0.15, -0.1) is 0 Å². The van der Waals surface area contributed by atoms with Crippen molar-refractivity contribution >= 4 is 5.69 Å². The lowest BCUT2D eigenvalue weighted by Gasteiger charge is -2.30. The van der Waals surface area contributed by atoms with E-state index in [0.717, 1.165) is 18.5 Å². The molecule has 2 aromatic carbocycles. The molecule has 0 radical (unpaired) electrons. The van der Waals surface area contributed by atoms with Gasteiger partial charge in [-0.2, -0.15) is 5.26 Å². The summed E-state index contributed by atoms with van der Waals surface area (Å²) in [6.07, 6.45) is 1.93. The summed E-state index contributed by atoms with van der Waals surface area (Å²) in [5, 5.41) is 9.08. The fourth-order valence-electron chi connectivity index (χ4n) is 3.65. The number of rotatable bonds is 4. The molecule has 3 rings (SSSR count). The molecule has 0 aliphatic heterocycles. The second kappa shape index (κ2) is 5.54. The molecule has 0 amide bonds. The van der Waals surface area contributed by atoms with Gasteiger partial charge >= 0.3 is 0 Å². The van der Waals surface area contributed by atoms with Crippen molar-refractivity contribution in [1.82, 2.24) is 0 Å². The summed E-state index contributed by atoms with van der Waals surface area (Å²) < 4.78 is 0. The predicted molar refractivity (Wildman–Crippen MR) is 88.0 cm³/mol. The van der Waals surface area contributed by atoms with Crippen molar-refractivity contribution in [3.8, 4) is 17.2 Å². The van der Waals surface area contributed by atoms with Crippen molar-refractivity contribution in [3.05, 3.63) is 65.0 Å². The van der Waals surface area contributed by atoms with Gasteiger partial charge in [0.25, 0.3) is 0 Å². The van der Waals surface area contributed by atoms with E-state index in [1.807, 2.05) is 24.3 Å². The van der Waals surface area contributed by atoms with E-state index in [2.05, 4.69) is 29.1 Å². The number of nitrogen functional groups attached to an aromatic ring is 1. The highest BCUT2D eigenvalue weighted by molar-refractivity contribution is 5.82. The highest BCUT2D eigenvalue weighted by Gasteiger charge is 2.43. The minimum absolute atomic E-state index is 0.262. The third kappa shape index (κ3) is 2.03. The summed E-state index contributed by atoms with van der Waals surface area (Å²) in [4.78, 5) is 3.56. The standard InChI is InChI=1S/C19H17N3/c1-22-12-10-19(9-4-11-20)17-6-3-2-5-15(17)16-8-7-14(21)13-18(16)19/h2-3,5-8,13H,4,9-10,12,21H2. The van der Waals surface area contributed by atoms with E-state index in [1.54, 1.807) is 0 Å². The van der Waals surface area contributed by atoms with Crippen LogP contribution in [0.1, 0.15) is 30.4 Å². The minimum atomic E-state index is -0.262. The second-order valence-corrected chi connectivity index (χ2v) is 5.72. The van der Waals surface area contributed by atoms with Crippen molar-refractivity contribution in [2.24, 2.45) is 0 Å². The Morgan fingerprint density at radius 3 is 2.64 bits per heavy atom. The Kier molecular flexibility index (Phi) is 3.57. The molecule has 108 valence electrons. The van der Waals surface area contributed by atoms with E-state index in [0.29, 0.717) is 13.0 Å². The van der Waals surface area contributed by atoms with Crippen molar-refractivity contribution in [3.63, 3.8) is 0 Å². The lowest BCUT2D eigenvalue weighted by molar-refractivity contribution is 0.469. The van der Waals surface area contributed by atoms with Crippen LogP contribution in [0, 0.1) is 17.9 Å². The van der Waals surface area contributed by atoms with Crippen LogP contribution in [0.15, 0.2) is 42.5 Å². The summed E-state index contributed by atoms with van der Waals surface area (Å²) in [7, 11) is 0. The normalized spacial score (nSPS) is 18.1. The van der Waals surface area contributed by atoms with Crippen LogP contribution >= 0.6 is 0 Å². The first-order valence-electron chi connectivity index (χ1n) is 7.43. The largest absolute Gasteiger partial charge is 0.399 e. The van der Waals surface area contributed by atoms with Gasteiger partial charge in [0, 0.05) is 23.9 Å². The minimum Gasteiger partial charge on any atom is -0.399 e. The van der Waals surface area contributed by atoms with Crippen LogP contribution in [0.3, 0.4) is 0 Å². The van der Waals surface area contributed by atoms with Crippen molar-refractivity contribution in [1.29, 1.82) is 5.26 Å². The van der Waals surface area contributed by atoms with E-state index >= 15 is 0 Å². The Hall–Kier alpha value is -2.78. The highest BCUT2D eigenvalue weighted by Crippen LogP contribution is 2.53. The SMILES string of the molecule is [C-]#[N+]CCC1(CCC#N)c2ccccc2-c2ccc(N)cc21. The maximum Gasteiger partial charge on any atom is 0.215 e. The molecule has 1 atom stereocenters. The number of nitrogens with two attached hydrogens (primary N) is 1. The van der Waals surface area contributed by atoms with Crippen molar-refractivity contribution in [2.45, 2.75) is 24.7 Å². The Balaban J connectivity index is 2.25. The summed E-state index contributed by atoms with van der Waals surface area (Å²) in [5.74, 6) is 0. The van der Waals surface area contributed by atoms with E-state index in [9.17, 15) is 0 Å². The van der Waals surface area contributed by atoms with Gasteiger partial charge in [-0.1, -0.05) is 30.3 Å². The third-order valence-corrected chi connectivity index (χ3v) is 4.61. The lowest BCUT2D eigenvalue weighted by atomic mass is 9.72. The van der Waals surface area contributed by atoms with Gasteiger partial charge in [0.1, 0.15) is 0 Å². The van der Waals surface area contributed by atoms with Crippen LogP contribution in [0.4, 0.5) is 5.69 Å². The van der Waals surface area contributed by atoms with Gasteiger partial charge in [-0.05, 0) is 40.8 Å². The number of anilines is 1. The Morgan fingerprint density at radius 1 is 1.09 bits per heavy atom. The predicted octanol–water partition coefficient (Wildman–Crippen LogP) is 4.15. The zero-order chi connectivity index (χ0) is 15.6. The number of hydrogen-bond acceptors (Lipinski definition) is 2. The van der Waals surface area contributed by atoms with Crippen LogP contribution < -0.4 is 5.73 Å². The molecule has 0 spiro atoms. The van der Waals surface area contributed by atoms with Crippen molar-refractivity contribution in [2.75, 3.05) is 12.3 Å². The summed E-state index contributed by atoms with van der Waals surface area (Å²) in [6.45, 7) is 7.63. The molecule has 1 unspecified atom stereocenters. The quantitative estimate of drug-likeness (QED) is 0.678. The highest BCUT2D eigenvalue weighted by atomic mass is 14.6. The van der Waals surface area contributed by atoms with Crippen LogP contribution in [0.25, 0.3) is 16.0 Å². The third-order valence-electron chi connectivity index (χ3n) is 4.61. The zero-order valence-corrected chi connectivity index (χ0v) is 12.3. The van der Waals surface area contributed by atoms with Crippen LogP contribution in [-0.2, 0) is 5.41 Å². The monoisotopic (exact) mass is 287 g/mol. The molecule has 2 N–H and O–H groups in total.